The molecular weight excluding hydrogens is 440 g/mol. The Morgan fingerprint density at radius 3 is 2.31 bits per heavy atom. The van der Waals surface area contributed by atoms with Gasteiger partial charge in [0.15, 0.2) is 0 Å². The molecule has 35 heavy (non-hydrogen) atoms. The van der Waals surface area contributed by atoms with Gasteiger partial charge in [-0.05, 0) is 50.1 Å². The highest BCUT2D eigenvalue weighted by molar-refractivity contribution is 5.97. The predicted octanol–water partition coefficient (Wildman–Crippen LogP) is 3.93. The molecule has 1 aliphatic heterocycles. The molecule has 1 atom stereocenters. The molecule has 0 saturated carbocycles. The topological polar surface area (TPSA) is 61.4 Å². The lowest BCUT2D eigenvalue weighted by atomic mass is 9.97. The Labute approximate surface area is 204 Å². The van der Waals surface area contributed by atoms with Gasteiger partial charge in [0.1, 0.15) is 6.10 Å². The number of hydrogen-bond donors (Lipinski definition) is 0. The number of anilines is 1. The lowest BCUT2D eigenvalue weighted by molar-refractivity contribution is -0.00706. The number of benzene rings is 2. The Balaban J connectivity index is 1.94. The first-order valence-electron chi connectivity index (χ1n) is 11.8. The Hall–Kier alpha value is -3.58. The van der Waals surface area contributed by atoms with Gasteiger partial charge in [-0.25, -0.2) is 4.79 Å². The number of hydrogen-bond acceptors (Lipinski definition) is 4. The standard InChI is InChI=1S/C28H32N4O3/c1-17-9-8-10-19(15-17)22-21-23(30(6)27(34)31(7)26(21)33)24-25(35-16-28(2,3)32(22)24)18-11-13-20(14-12-18)29(4)5/h8-15,25H,16H2,1-7H3. The van der Waals surface area contributed by atoms with Crippen molar-refractivity contribution < 1.29 is 4.74 Å². The highest BCUT2D eigenvalue weighted by Gasteiger charge is 2.40. The number of aromatic nitrogens is 3. The minimum atomic E-state index is -0.436. The molecule has 2 aromatic carbocycles. The molecule has 0 amide bonds. The first-order chi connectivity index (χ1) is 16.5. The quantitative estimate of drug-likeness (QED) is 0.453. The maximum absolute atomic E-state index is 13.7. The van der Waals surface area contributed by atoms with Gasteiger partial charge in [0.25, 0.3) is 5.56 Å². The van der Waals surface area contributed by atoms with Gasteiger partial charge in [-0.3, -0.25) is 13.9 Å². The van der Waals surface area contributed by atoms with Crippen LogP contribution in [0.2, 0.25) is 0 Å². The number of rotatable bonds is 3. The Morgan fingerprint density at radius 1 is 1.00 bits per heavy atom. The molecule has 0 saturated heterocycles. The summed E-state index contributed by atoms with van der Waals surface area (Å²) in [6.07, 6.45) is -0.419. The average Bonchev–Trinajstić information content (AvgIpc) is 3.19. The Morgan fingerprint density at radius 2 is 1.69 bits per heavy atom. The molecule has 5 rings (SSSR count). The highest BCUT2D eigenvalue weighted by atomic mass is 16.5. The normalized spacial score (nSPS) is 16.9. The molecule has 182 valence electrons. The minimum Gasteiger partial charge on any atom is -0.378 e. The molecule has 0 N–H and O–H groups in total. The fourth-order valence-corrected chi connectivity index (χ4v) is 5.26. The zero-order chi connectivity index (χ0) is 25.2. The van der Waals surface area contributed by atoms with E-state index in [1.165, 1.54) is 4.57 Å². The summed E-state index contributed by atoms with van der Waals surface area (Å²) in [5.41, 5.74) is 5.35. The van der Waals surface area contributed by atoms with Crippen LogP contribution in [0, 0.1) is 6.92 Å². The molecule has 2 aromatic heterocycles. The average molecular weight is 473 g/mol. The lowest BCUT2D eigenvalue weighted by Gasteiger charge is -2.39. The van der Waals surface area contributed by atoms with E-state index in [0.717, 1.165) is 33.8 Å². The summed E-state index contributed by atoms with van der Waals surface area (Å²) in [6, 6.07) is 16.4. The van der Waals surface area contributed by atoms with Crippen LogP contribution >= 0.6 is 0 Å². The van der Waals surface area contributed by atoms with E-state index in [1.807, 2.05) is 39.2 Å². The summed E-state index contributed by atoms with van der Waals surface area (Å²) >= 11 is 0. The van der Waals surface area contributed by atoms with Gasteiger partial charge in [0.05, 0.1) is 34.4 Å². The number of fused-ring (bicyclic) bond motifs is 3. The monoisotopic (exact) mass is 472 g/mol. The van der Waals surface area contributed by atoms with Gasteiger partial charge in [-0.1, -0.05) is 35.9 Å². The van der Waals surface area contributed by atoms with E-state index in [9.17, 15) is 9.59 Å². The second-order valence-corrected chi connectivity index (χ2v) is 10.4. The number of nitrogens with zero attached hydrogens (tertiary/aromatic N) is 4. The zero-order valence-electron chi connectivity index (χ0n) is 21.4. The van der Waals surface area contributed by atoms with Gasteiger partial charge in [0.2, 0.25) is 0 Å². The Kier molecular flexibility index (Phi) is 5.29. The molecule has 0 aliphatic carbocycles. The van der Waals surface area contributed by atoms with Crippen molar-refractivity contribution in [2.45, 2.75) is 32.4 Å². The molecule has 0 spiro atoms. The van der Waals surface area contributed by atoms with E-state index in [0.29, 0.717) is 17.5 Å². The van der Waals surface area contributed by atoms with Crippen LogP contribution in [0.3, 0.4) is 0 Å². The molecular formula is C28H32N4O3. The summed E-state index contributed by atoms with van der Waals surface area (Å²) in [5.74, 6) is 0. The lowest BCUT2D eigenvalue weighted by Crippen LogP contribution is -2.40. The van der Waals surface area contributed by atoms with E-state index in [1.54, 1.807) is 18.7 Å². The first-order valence-corrected chi connectivity index (χ1v) is 11.8. The van der Waals surface area contributed by atoms with Crippen LogP contribution in [0.4, 0.5) is 5.69 Å². The van der Waals surface area contributed by atoms with Crippen molar-refractivity contribution in [2.75, 3.05) is 25.6 Å². The number of aryl methyl sites for hydroxylation is 2. The summed E-state index contributed by atoms with van der Waals surface area (Å²) in [5, 5.41) is 0.545. The van der Waals surface area contributed by atoms with Crippen molar-refractivity contribution >= 4 is 16.6 Å². The van der Waals surface area contributed by atoms with E-state index < -0.39 is 11.6 Å². The van der Waals surface area contributed by atoms with Gasteiger partial charge in [-0.15, -0.1) is 0 Å². The zero-order valence-corrected chi connectivity index (χ0v) is 21.4. The SMILES string of the molecule is Cc1cccc(-c2c3c(=O)n(C)c(=O)n(C)c3c3n2C(C)(C)COC3c2ccc(N(C)C)cc2)c1. The van der Waals surface area contributed by atoms with Crippen LogP contribution in [-0.2, 0) is 24.4 Å². The van der Waals surface area contributed by atoms with E-state index in [2.05, 4.69) is 53.6 Å². The summed E-state index contributed by atoms with van der Waals surface area (Å²) in [7, 11) is 7.29. The molecule has 3 heterocycles. The molecule has 1 unspecified atom stereocenters. The van der Waals surface area contributed by atoms with Crippen LogP contribution in [0.15, 0.2) is 58.1 Å². The van der Waals surface area contributed by atoms with Crippen molar-refractivity contribution in [3.05, 3.63) is 86.2 Å². The first kappa shape index (κ1) is 23.2. The fraction of sp³-hybridized carbons (Fsp3) is 0.357. The molecule has 7 heteroatoms. The summed E-state index contributed by atoms with van der Waals surface area (Å²) in [6.45, 7) is 6.74. The van der Waals surface area contributed by atoms with Gasteiger partial charge < -0.3 is 14.2 Å². The maximum Gasteiger partial charge on any atom is 0.331 e. The largest absolute Gasteiger partial charge is 0.378 e. The maximum atomic E-state index is 13.7. The van der Waals surface area contributed by atoms with Crippen molar-refractivity contribution in [1.29, 1.82) is 0 Å². The van der Waals surface area contributed by atoms with Crippen molar-refractivity contribution in [3.63, 3.8) is 0 Å². The third-order valence-electron chi connectivity index (χ3n) is 7.07. The van der Waals surface area contributed by atoms with Crippen LogP contribution in [0.1, 0.15) is 36.8 Å². The minimum absolute atomic E-state index is 0.293. The van der Waals surface area contributed by atoms with E-state index in [-0.39, 0.29) is 11.2 Å². The summed E-state index contributed by atoms with van der Waals surface area (Å²) < 4.78 is 11.5. The van der Waals surface area contributed by atoms with Crippen LogP contribution in [0.5, 0.6) is 0 Å². The van der Waals surface area contributed by atoms with Crippen LogP contribution < -0.4 is 16.1 Å². The number of ether oxygens (including phenoxy) is 1. The van der Waals surface area contributed by atoms with Gasteiger partial charge in [-0.2, -0.15) is 0 Å². The second-order valence-electron chi connectivity index (χ2n) is 10.4. The van der Waals surface area contributed by atoms with Crippen molar-refractivity contribution in [3.8, 4) is 11.3 Å². The predicted molar refractivity (Wildman–Crippen MR) is 140 cm³/mol. The van der Waals surface area contributed by atoms with E-state index >= 15 is 0 Å². The fourth-order valence-electron chi connectivity index (χ4n) is 5.26. The third kappa shape index (κ3) is 3.45. The second kappa shape index (κ2) is 7.99. The third-order valence-corrected chi connectivity index (χ3v) is 7.07. The highest BCUT2D eigenvalue weighted by Crippen LogP contribution is 2.45. The molecule has 7 nitrogen and oxygen atoms in total. The van der Waals surface area contributed by atoms with Crippen LogP contribution in [0.25, 0.3) is 22.2 Å². The summed E-state index contributed by atoms with van der Waals surface area (Å²) in [4.78, 5) is 28.8. The molecule has 0 bridgehead atoms. The molecule has 1 aliphatic rings. The van der Waals surface area contributed by atoms with E-state index in [4.69, 9.17) is 4.74 Å². The van der Waals surface area contributed by atoms with Crippen molar-refractivity contribution in [2.24, 2.45) is 14.1 Å². The van der Waals surface area contributed by atoms with Crippen molar-refractivity contribution in [1.82, 2.24) is 13.7 Å². The molecule has 0 radical (unpaired) electrons. The van der Waals surface area contributed by atoms with Gasteiger partial charge in [0, 0.05) is 33.9 Å². The molecule has 0 fully saturated rings. The van der Waals surface area contributed by atoms with Crippen LogP contribution in [-0.4, -0.2) is 34.4 Å². The van der Waals surface area contributed by atoms with Gasteiger partial charge >= 0.3 is 5.69 Å². The smallest absolute Gasteiger partial charge is 0.331 e. The molecule has 4 aromatic rings. The Bertz CT molecular complexity index is 1570.